The van der Waals surface area contributed by atoms with Crippen LogP contribution in [-0.2, 0) is 9.84 Å². The Bertz CT molecular complexity index is 1340. The molecule has 0 fully saturated rings. The van der Waals surface area contributed by atoms with Gasteiger partial charge in [-0.2, -0.15) is 0 Å². The summed E-state index contributed by atoms with van der Waals surface area (Å²) in [6, 6.07) is 19.9. The fourth-order valence-electron chi connectivity index (χ4n) is 3.23. The molecule has 0 aliphatic rings. The van der Waals surface area contributed by atoms with Crippen molar-refractivity contribution >= 4 is 15.8 Å². The standard InChI is InChI=1S/C23H18N2O4S/c1-16-10-12-17(13-11-16)30(28,29)22-9-5-3-6-18(22)20-14-25(15-24-20)21-8-4-2-7-19(21)23(26)27/h2-15H,1H3,(H,26,27). The number of imidazole rings is 1. The van der Waals surface area contributed by atoms with E-state index in [2.05, 4.69) is 4.98 Å². The fourth-order valence-corrected chi connectivity index (χ4v) is 4.70. The summed E-state index contributed by atoms with van der Waals surface area (Å²) < 4.78 is 28.1. The Morgan fingerprint density at radius 2 is 1.60 bits per heavy atom. The molecule has 0 bridgehead atoms. The number of hydrogen-bond donors (Lipinski definition) is 1. The molecule has 1 aromatic heterocycles. The molecule has 1 N–H and O–H groups in total. The van der Waals surface area contributed by atoms with Gasteiger partial charge in [0, 0.05) is 11.8 Å². The molecule has 0 aliphatic heterocycles. The number of aromatic nitrogens is 2. The van der Waals surface area contributed by atoms with Crippen molar-refractivity contribution in [2.45, 2.75) is 16.7 Å². The van der Waals surface area contributed by atoms with Gasteiger partial charge in [-0.25, -0.2) is 18.2 Å². The van der Waals surface area contributed by atoms with Crippen molar-refractivity contribution in [3.05, 3.63) is 96.4 Å². The third-order valence-electron chi connectivity index (χ3n) is 4.78. The molecule has 4 aromatic rings. The number of carboxylic acids is 1. The smallest absolute Gasteiger partial charge is 0.337 e. The number of carboxylic acid groups (broad SMARTS) is 1. The topological polar surface area (TPSA) is 89.3 Å². The normalized spacial score (nSPS) is 11.4. The molecule has 4 rings (SSSR count). The zero-order valence-electron chi connectivity index (χ0n) is 16.1. The first kappa shape index (κ1) is 19.6. The van der Waals surface area contributed by atoms with Crippen LogP contribution in [0.25, 0.3) is 16.9 Å². The molecule has 150 valence electrons. The predicted molar refractivity (Wildman–Crippen MR) is 113 cm³/mol. The van der Waals surface area contributed by atoms with Gasteiger partial charge in [-0.15, -0.1) is 0 Å². The van der Waals surface area contributed by atoms with Gasteiger partial charge >= 0.3 is 5.97 Å². The van der Waals surface area contributed by atoms with Crippen molar-refractivity contribution in [2.24, 2.45) is 0 Å². The maximum Gasteiger partial charge on any atom is 0.337 e. The van der Waals surface area contributed by atoms with Crippen LogP contribution in [0.15, 0.2) is 95.1 Å². The van der Waals surface area contributed by atoms with Crippen LogP contribution in [0.3, 0.4) is 0 Å². The van der Waals surface area contributed by atoms with Crippen LogP contribution in [0.2, 0.25) is 0 Å². The molecule has 3 aromatic carbocycles. The predicted octanol–water partition coefficient (Wildman–Crippen LogP) is 4.38. The van der Waals surface area contributed by atoms with E-state index in [4.69, 9.17) is 0 Å². The lowest BCUT2D eigenvalue weighted by molar-refractivity contribution is 0.0697. The van der Waals surface area contributed by atoms with Gasteiger partial charge in [0.1, 0.15) is 0 Å². The van der Waals surface area contributed by atoms with Gasteiger partial charge in [0.2, 0.25) is 9.84 Å². The average Bonchev–Trinajstić information content (AvgIpc) is 3.24. The van der Waals surface area contributed by atoms with E-state index in [1.807, 2.05) is 6.92 Å². The maximum atomic E-state index is 13.2. The average molecular weight is 418 g/mol. The summed E-state index contributed by atoms with van der Waals surface area (Å²) in [5.74, 6) is -1.05. The van der Waals surface area contributed by atoms with Gasteiger partial charge in [0.15, 0.2) is 0 Å². The first-order valence-corrected chi connectivity index (χ1v) is 10.6. The van der Waals surface area contributed by atoms with Crippen LogP contribution in [0.1, 0.15) is 15.9 Å². The highest BCUT2D eigenvalue weighted by Crippen LogP contribution is 2.31. The van der Waals surface area contributed by atoms with Crippen LogP contribution >= 0.6 is 0 Å². The number of aromatic carboxylic acids is 1. The van der Waals surface area contributed by atoms with Crippen molar-refractivity contribution in [1.29, 1.82) is 0 Å². The Hall–Kier alpha value is -3.71. The summed E-state index contributed by atoms with van der Waals surface area (Å²) in [6.45, 7) is 1.89. The minimum atomic E-state index is -3.75. The molecule has 30 heavy (non-hydrogen) atoms. The summed E-state index contributed by atoms with van der Waals surface area (Å²) >= 11 is 0. The quantitative estimate of drug-likeness (QED) is 0.520. The Kier molecular flexibility index (Phi) is 4.97. The second kappa shape index (κ2) is 7.61. The monoisotopic (exact) mass is 418 g/mol. The molecule has 0 atom stereocenters. The zero-order valence-corrected chi connectivity index (χ0v) is 16.9. The number of carbonyl (C=O) groups is 1. The minimum absolute atomic E-state index is 0.127. The number of benzene rings is 3. The van der Waals surface area contributed by atoms with E-state index in [1.165, 1.54) is 12.4 Å². The molecular weight excluding hydrogens is 400 g/mol. The molecule has 0 radical (unpaired) electrons. The first-order chi connectivity index (χ1) is 14.4. The molecule has 0 saturated carbocycles. The van der Waals surface area contributed by atoms with Gasteiger partial charge in [0.05, 0.1) is 33.1 Å². The summed E-state index contributed by atoms with van der Waals surface area (Å²) in [5.41, 5.74) is 2.42. The third-order valence-corrected chi connectivity index (χ3v) is 6.61. The lowest BCUT2D eigenvalue weighted by atomic mass is 10.1. The minimum Gasteiger partial charge on any atom is -0.478 e. The second-order valence-electron chi connectivity index (χ2n) is 6.80. The molecular formula is C23H18N2O4S. The van der Waals surface area contributed by atoms with E-state index in [0.717, 1.165) is 5.56 Å². The second-order valence-corrected chi connectivity index (χ2v) is 8.72. The Balaban J connectivity index is 1.82. The van der Waals surface area contributed by atoms with E-state index < -0.39 is 15.8 Å². The zero-order chi connectivity index (χ0) is 21.3. The summed E-state index contributed by atoms with van der Waals surface area (Å²) in [5, 5.41) is 9.43. The van der Waals surface area contributed by atoms with Crippen LogP contribution in [0.5, 0.6) is 0 Å². The van der Waals surface area contributed by atoms with Gasteiger partial charge in [0.25, 0.3) is 0 Å². The highest BCUT2D eigenvalue weighted by molar-refractivity contribution is 7.91. The Labute approximate surface area is 174 Å². The Morgan fingerprint density at radius 1 is 0.933 bits per heavy atom. The van der Waals surface area contributed by atoms with Crippen LogP contribution in [0, 0.1) is 6.92 Å². The van der Waals surface area contributed by atoms with E-state index in [1.54, 1.807) is 77.5 Å². The number of rotatable bonds is 5. The number of nitrogens with zero attached hydrogens (tertiary/aromatic N) is 2. The van der Waals surface area contributed by atoms with Gasteiger partial charge in [-0.3, -0.25) is 0 Å². The number of para-hydroxylation sites is 1. The summed E-state index contributed by atoms with van der Waals surface area (Å²) in [7, 11) is -3.75. The lowest BCUT2D eigenvalue weighted by Crippen LogP contribution is -2.04. The van der Waals surface area contributed by atoms with Gasteiger partial charge in [-0.1, -0.05) is 48.0 Å². The molecule has 0 aliphatic carbocycles. The van der Waals surface area contributed by atoms with E-state index in [-0.39, 0.29) is 15.4 Å². The van der Waals surface area contributed by atoms with Crippen LogP contribution < -0.4 is 0 Å². The van der Waals surface area contributed by atoms with Gasteiger partial charge in [-0.05, 0) is 37.3 Å². The largest absolute Gasteiger partial charge is 0.478 e. The maximum absolute atomic E-state index is 13.2. The van der Waals surface area contributed by atoms with Crippen LogP contribution in [-0.4, -0.2) is 29.0 Å². The molecule has 1 heterocycles. The number of hydrogen-bond acceptors (Lipinski definition) is 4. The summed E-state index contributed by atoms with van der Waals surface area (Å²) in [6.07, 6.45) is 3.11. The molecule has 0 saturated heterocycles. The fraction of sp³-hybridized carbons (Fsp3) is 0.0435. The molecule has 0 amide bonds. The SMILES string of the molecule is Cc1ccc(S(=O)(=O)c2ccccc2-c2cn(-c3ccccc3C(=O)O)cn2)cc1. The highest BCUT2D eigenvalue weighted by atomic mass is 32.2. The van der Waals surface area contributed by atoms with Crippen molar-refractivity contribution < 1.29 is 18.3 Å². The molecule has 0 spiro atoms. The number of sulfone groups is 1. The van der Waals surface area contributed by atoms with Crippen molar-refractivity contribution in [2.75, 3.05) is 0 Å². The summed E-state index contributed by atoms with van der Waals surface area (Å²) in [4.78, 5) is 16.2. The number of aryl methyl sites for hydroxylation is 1. The molecule has 0 unspecified atom stereocenters. The van der Waals surface area contributed by atoms with Gasteiger partial charge < -0.3 is 9.67 Å². The van der Waals surface area contributed by atoms with E-state index in [9.17, 15) is 18.3 Å². The first-order valence-electron chi connectivity index (χ1n) is 9.16. The highest BCUT2D eigenvalue weighted by Gasteiger charge is 2.23. The van der Waals surface area contributed by atoms with Crippen molar-refractivity contribution in [3.63, 3.8) is 0 Å². The lowest BCUT2D eigenvalue weighted by Gasteiger charge is -2.10. The molecule has 6 nitrogen and oxygen atoms in total. The van der Waals surface area contributed by atoms with E-state index in [0.29, 0.717) is 16.9 Å². The third kappa shape index (κ3) is 3.51. The Morgan fingerprint density at radius 3 is 2.33 bits per heavy atom. The molecule has 7 heteroatoms. The van der Waals surface area contributed by atoms with Crippen molar-refractivity contribution in [1.82, 2.24) is 9.55 Å². The van der Waals surface area contributed by atoms with Crippen molar-refractivity contribution in [3.8, 4) is 16.9 Å². The van der Waals surface area contributed by atoms with E-state index >= 15 is 0 Å². The van der Waals surface area contributed by atoms with Crippen LogP contribution in [0.4, 0.5) is 0 Å².